The summed E-state index contributed by atoms with van der Waals surface area (Å²) >= 11 is 3.47. The summed E-state index contributed by atoms with van der Waals surface area (Å²) in [6, 6.07) is 13.5. The van der Waals surface area contributed by atoms with Gasteiger partial charge in [0.15, 0.2) is 0 Å². The van der Waals surface area contributed by atoms with E-state index >= 15 is 0 Å². The van der Waals surface area contributed by atoms with Gasteiger partial charge in [-0.3, -0.25) is 4.79 Å². The molecule has 5 nitrogen and oxygen atoms in total. The summed E-state index contributed by atoms with van der Waals surface area (Å²) in [4.78, 5) is 14.9. The Labute approximate surface area is 154 Å². The lowest BCUT2D eigenvalue weighted by atomic mass is 10.1. The number of nitrogens with zero attached hydrogens (tertiary/aromatic N) is 1. The van der Waals surface area contributed by atoms with Gasteiger partial charge >= 0.3 is 0 Å². The molecular formula is C19H18BrNO4. The lowest BCUT2D eigenvalue weighted by Gasteiger charge is -2.22. The third kappa shape index (κ3) is 2.65. The van der Waals surface area contributed by atoms with E-state index in [1.165, 1.54) is 0 Å². The molecule has 25 heavy (non-hydrogen) atoms. The van der Waals surface area contributed by atoms with Crippen LogP contribution >= 0.6 is 15.9 Å². The highest BCUT2D eigenvalue weighted by molar-refractivity contribution is 9.10. The molecule has 1 fully saturated rings. The second-order valence-corrected chi connectivity index (χ2v) is 6.82. The standard InChI is InChI=1S/C19H18BrNO4/c1-2-23-17-6-4-3-5-13(17)12-21-16-8-7-14(20)11-15(16)19(18(21)22)24-9-10-25-19/h3-8,11H,2,9-10,12H2,1H3. The van der Waals surface area contributed by atoms with E-state index in [1.54, 1.807) is 4.90 Å². The van der Waals surface area contributed by atoms with Gasteiger partial charge in [-0.05, 0) is 31.2 Å². The van der Waals surface area contributed by atoms with E-state index in [9.17, 15) is 4.79 Å². The number of fused-ring (bicyclic) bond motifs is 2. The number of hydrogen-bond donors (Lipinski definition) is 0. The molecule has 0 bridgehead atoms. The van der Waals surface area contributed by atoms with E-state index in [2.05, 4.69) is 15.9 Å². The Balaban J connectivity index is 1.75. The van der Waals surface area contributed by atoms with Gasteiger partial charge in [0.05, 0.1) is 32.1 Å². The molecule has 2 aromatic rings. The first-order valence-corrected chi connectivity index (χ1v) is 9.05. The Kier molecular flexibility index (Phi) is 4.27. The highest BCUT2D eigenvalue weighted by atomic mass is 79.9. The van der Waals surface area contributed by atoms with Crippen molar-refractivity contribution < 1.29 is 19.0 Å². The molecule has 0 unspecified atom stereocenters. The van der Waals surface area contributed by atoms with Crippen molar-refractivity contribution in [1.29, 1.82) is 0 Å². The Bertz CT molecular complexity index is 817. The maximum Gasteiger partial charge on any atom is 0.292 e. The lowest BCUT2D eigenvalue weighted by molar-refractivity contribution is -0.180. The van der Waals surface area contributed by atoms with Gasteiger partial charge in [-0.25, -0.2) is 0 Å². The smallest absolute Gasteiger partial charge is 0.292 e. The molecule has 0 atom stereocenters. The molecule has 0 N–H and O–H groups in total. The van der Waals surface area contributed by atoms with Gasteiger partial charge in [0.2, 0.25) is 0 Å². The van der Waals surface area contributed by atoms with E-state index in [-0.39, 0.29) is 5.91 Å². The van der Waals surface area contributed by atoms with Crippen LogP contribution in [0.4, 0.5) is 5.69 Å². The van der Waals surface area contributed by atoms with E-state index < -0.39 is 5.79 Å². The number of carbonyl (C=O) groups excluding carboxylic acids is 1. The molecular weight excluding hydrogens is 386 g/mol. The van der Waals surface area contributed by atoms with Crippen molar-refractivity contribution >= 4 is 27.5 Å². The zero-order valence-corrected chi connectivity index (χ0v) is 15.4. The van der Waals surface area contributed by atoms with Crippen molar-refractivity contribution in [3.8, 4) is 5.75 Å². The number of anilines is 1. The van der Waals surface area contributed by atoms with Crippen LogP contribution in [0.3, 0.4) is 0 Å². The zero-order valence-electron chi connectivity index (χ0n) is 13.8. The van der Waals surface area contributed by atoms with Crippen molar-refractivity contribution in [2.24, 2.45) is 0 Å². The van der Waals surface area contributed by atoms with Gasteiger partial charge in [0, 0.05) is 15.6 Å². The number of rotatable bonds is 4. The molecule has 1 amide bonds. The number of hydrogen-bond acceptors (Lipinski definition) is 4. The Morgan fingerprint density at radius 2 is 1.96 bits per heavy atom. The minimum atomic E-state index is -1.32. The normalized spacial score (nSPS) is 18.0. The highest BCUT2D eigenvalue weighted by Crippen LogP contribution is 2.47. The maximum atomic E-state index is 13.2. The summed E-state index contributed by atoms with van der Waals surface area (Å²) in [5, 5.41) is 0. The number of ether oxygens (including phenoxy) is 3. The molecule has 0 aromatic heterocycles. The van der Waals surface area contributed by atoms with Gasteiger partial charge < -0.3 is 19.1 Å². The van der Waals surface area contributed by atoms with Crippen molar-refractivity contribution in [3.63, 3.8) is 0 Å². The topological polar surface area (TPSA) is 48.0 Å². The van der Waals surface area contributed by atoms with Crippen LogP contribution in [0.2, 0.25) is 0 Å². The van der Waals surface area contributed by atoms with Crippen LogP contribution < -0.4 is 9.64 Å². The van der Waals surface area contributed by atoms with E-state index in [0.29, 0.717) is 26.4 Å². The molecule has 6 heteroatoms. The van der Waals surface area contributed by atoms with Gasteiger partial charge in [0.1, 0.15) is 5.75 Å². The third-order valence-electron chi connectivity index (χ3n) is 4.43. The molecule has 2 aromatic carbocycles. The molecule has 4 rings (SSSR count). The molecule has 2 heterocycles. The van der Waals surface area contributed by atoms with Crippen molar-refractivity contribution in [1.82, 2.24) is 0 Å². The number of benzene rings is 2. The predicted octanol–water partition coefficient (Wildman–Crippen LogP) is 3.59. The minimum absolute atomic E-state index is 0.190. The first-order chi connectivity index (χ1) is 12.2. The van der Waals surface area contributed by atoms with Crippen LogP contribution in [0.15, 0.2) is 46.9 Å². The minimum Gasteiger partial charge on any atom is -0.494 e. The number of para-hydroxylation sites is 1. The summed E-state index contributed by atoms with van der Waals surface area (Å²) in [5.74, 6) is -0.727. The molecule has 2 aliphatic rings. The van der Waals surface area contributed by atoms with E-state index in [1.807, 2.05) is 49.4 Å². The fourth-order valence-electron chi connectivity index (χ4n) is 3.36. The van der Waals surface area contributed by atoms with Crippen LogP contribution in [0.1, 0.15) is 18.1 Å². The van der Waals surface area contributed by atoms with Gasteiger partial charge in [-0.2, -0.15) is 0 Å². The fourth-order valence-corrected chi connectivity index (χ4v) is 3.72. The molecule has 130 valence electrons. The van der Waals surface area contributed by atoms with Crippen LogP contribution in [0.5, 0.6) is 5.75 Å². The predicted molar refractivity (Wildman–Crippen MR) is 96.5 cm³/mol. The Morgan fingerprint density at radius 3 is 2.72 bits per heavy atom. The number of amides is 1. The number of carbonyl (C=O) groups is 1. The van der Waals surface area contributed by atoms with E-state index in [4.69, 9.17) is 14.2 Å². The van der Waals surface area contributed by atoms with Gasteiger partial charge in [-0.1, -0.05) is 34.1 Å². The molecule has 0 aliphatic carbocycles. The van der Waals surface area contributed by atoms with E-state index in [0.717, 1.165) is 27.0 Å². The molecule has 1 spiro atoms. The van der Waals surface area contributed by atoms with Crippen molar-refractivity contribution in [3.05, 3.63) is 58.1 Å². The average molecular weight is 404 g/mol. The fraction of sp³-hybridized carbons (Fsp3) is 0.316. The summed E-state index contributed by atoms with van der Waals surface area (Å²) in [7, 11) is 0. The second-order valence-electron chi connectivity index (χ2n) is 5.91. The SMILES string of the molecule is CCOc1ccccc1CN1C(=O)C2(OCCO2)c2cc(Br)ccc21. The quantitative estimate of drug-likeness (QED) is 0.782. The van der Waals surface area contributed by atoms with Crippen LogP contribution in [-0.4, -0.2) is 25.7 Å². The zero-order chi connectivity index (χ0) is 17.4. The van der Waals surface area contributed by atoms with Crippen molar-refractivity contribution in [2.45, 2.75) is 19.3 Å². The van der Waals surface area contributed by atoms with Crippen LogP contribution in [-0.2, 0) is 26.6 Å². The van der Waals surface area contributed by atoms with Crippen LogP contribution in [0.25, 0.3) is 0 Å². The summed E-state index contributed by atoms with van der Waals surface area (Å²) in [6.07, 6.45) is 0. The second kappa shape index (κ2) is 6.44. The first kappa shape index (κ1) is 16.6. The van der Waals surface area contributed by atoms with Crippen LogP contribution in [0, 0.1) is 0 Å². The van der Waals surface area contributed by atoms with Gasteiger partial charge in [-0.15, -0.1) is 0 Å². The summed E-state index contributed by atoms with van der Waals surface area (Å²) < 4.78 is 18.1. The number of halogens is 1. The average Bonchev–Trinajstić information content (AvgIpc) is 3.18. The Morgan fingerprint density at radius 1 is 1.20 bits per heavy atom. The summed E-state index contributed by atoms with van der Waals surface area (Å²) in [6.45, 7) is 3.73. The van der Waals surface area contributed by atoms with Crippen molar-refractivity contribution in [2.75, 3.05) is 24.7 Å². The maximum absolute atomic E-state index is 13.2. The highest BCUT2D eigenvalue weighted by Gasteiger charge is 2.56. The molecule has 0 saturated carbocycles. The largest absolute Gasteiger partial charge is 0.494 e. The van der Waals surface area contributed by atoms with Gasteiger partial charge in [0.25, 0.3) is 11.7 Å². The monoisotopic (exact) mass is 403 g/mol. The third-order valence-corrected chi connectivity index (χ3v) is 4.92. The lowest BCUT2D eigenvalue weighted by Crippen LogP contribution is -2.41. The molecule has 2 aliphatic heterocycles. The Hall–Kier alpha value is -1.89. The summed E-state index contributed by atoms with van der Waals surface area (Å²) in [5.41, 5.74) is 2.50. The molecule has 0 radical (unpaired) electrons. The molecule has 1 saturated heterocycles. The first-order valence-electron chi connectivity index (χ1n) is 8.26.